The Morgan fingerprint density at radius 2 is 1.76 bits per heavy atom. The first kappa shape index (κ1) is 24.5. The number of piperidine rings is 1. The Hall–Kier alpha value is -4.14. The maximum atomic E-state index is 13.3. The fraction of sp³-hybridized carbons (Fsp3) is 0.357. The lowest BCUT2D eigenvalue weighted by Crippen LogP contribution is -2.40. The van der Waals surface area contributed by atoms with Crippen LogP contribution in [0.1, 0.15) is 34.3 Å². The molecule has 2 aromatic carbocycles. The molecule has 9 nitrogen and oxygen atoms in total. The molecule has 5 rings (SSSR count). The Kier molecular flexibility index (Phi) is 6.94. The first-order chi connectivity index (χ1) is 17.9. The third-order valence-corrected chi connectivity index (χ3v) is 7.17. The molecular formula is C28H32N6O3. The van der Waals surface area contributed by atoms with Crippen LogP contribution in [0.5, 0.6) is 0 Å². The Balaban J connectivity index is 1.23. The minimum Gasteiger partial charge on any atom is -0.371 e. The quantitative estimate of drug-likeness (QED) is 0.562. The molecule has 0 saturated carbocycles. The van der Waals surface area contributed by atoms with E-state index < -0.39 is 0 Å². The largest absolute Gasteiger partial charge is 0.371 e. The number of aromatic nitrogens is 2. The zero-order chi connectivity index (χ0) is 25.9. The zero-order valence-electron chi connectivity index (χ0n) is 21.3. The molecule has 0 radical (unpaired) electrons. The fourth-order valence-corrected chi connectivity index (χ4v) is 5.15. The van der Waals surface area contributed by atoms with Crippen LogP contribution in [0.2, 0.25) is 0 Å². The molecular weight excluding hydrogens is 468 g/mol. The van der Waals surface area contributed by atoms with E-state index in [9.17, 15) is 14.4 Å². The van der Waals surface area contributed by atoms with Crippen molar-refractivity contribution in [1.82, 2.24) is 19.6 Å². The lowest BCUT2D eigenvalue weighted by atomic mass is 9.94. The number of benzene rings is 2. The van der Waals surface area contributed by atoms with Crippen molar-refractivity contribution in [2.45, 2.75) is 32.5 Å². The average Bonchev–Trinajstić information content (AvgIpc) is 3.58. The molecule has 1 N–H and O–H groups in total. The number of fused-ring (bicyclic) bond motifs is 1. The molecule has 2 aliphatic rings. The molecule has 37 heavy (non-hydrogen) atoms. The van der Waals surface area contributed by atoms with E-state index in [4.69, 9.17) is 0 Å². The van der Waals surface area contributed by atoms with Gasteiger partial charge < -0.3 is 20.0 Å². The normalized spacial score (nSPS) is 15.4. The van der Waals surface area contributed by atoms with Gasteiger partial charge in [0, 0.05) is 70.0 Å². The molecule has 0 bridgehead atoms. The summed E-state index contributed by atoms with van der Waals surface area (Å²) in [5.74, 6) is 0.0377. The van der Waals surface area contributed by atoms with Crippen LogP contribution in [-0.4, -0.2) is 64.5 Å². The minimum absolute atomic E-state index is 0.00969. The van der Waals surface area contributed by atoms with Gasteiger partial charge in [-0.15, -0.1) is 0 Å². The summed E-state index contributed by atoms with van der Waals surface area (Å²) in [7, 11) is 3.59. The van der Waals surface area contributed by atoms with E-state index in [-0.39, 0.29) is 30.2 Å². The van der Waals surface area contributed by atoms with Crippen molar-refractivity contribution in [3.05, 3.63) is 77.6 Å². The summed E-state index contributed by atoms with van der Waals surface area (Å²) in [6.07, 6.45) is 4.98. The lowest BCUT2D eigenvalue weighted by Gasteiger charge is -2.34. The van der Waals surface area contributed by atoms with Crippen molar-refractivity contribution in [3.8, 4) is 0 Å². The molecule has 3 heterocycles. The summed E-state index contributed by atoms with van der Waals surface area (Å²) in [4.78, 5) is 44.0. The number of amides is 3. The van der Waals surface area contributed by atoms with Crippen molar-refractivity contribution in [1.29, 1.82) is 0 Å². The monoisotopic (exact) mass is 500 g/mol. The molecule has 0 unspecified atom stereocenters. The highest BCUT2D eigenvalue weighted by atomic mass is 16.2. The van der Waals surface area contributed by atoms with E-state index in [0.717, 1.165) is 42.7 Å². The zero-order valence-corrected chi connectivity index (χ0v) is 21.3. The van der Waals surface area contributed by atoms with Crippen molar-refractivity contribution in [3.63, 3.8) is 0 Å². The Morgan fingerprint density at radius 3 is 2.49 bits per heavy atom. The number of hydrogen-bond donors (Lipinski definition) is 1. The van der Waals surface area contributed by atoms with Gasteiger partial charge in [-0.25, -0.2) is 0 Å². The van der Waals surface area contributed by atoms with Crippen LogP contribution in [0.15, 0.2) is 60.9 Å². The number of hydrogen-bond acceptors (Lipinski definition) is 5. The van der Waals surface area contributed by atoms with Crippen molar-refractivity contribution < 1.29 is 14.4 Å². The fourth-order valence-electron chi connectivity index (χ4n) is 5.15. The Labute approximate surface area is 216 Å². The summed E-state index contributed by atoms with van der Waals surface area (Å²) in [6, 6.07) is 15.2. The Bertz CT molecular complexity index is 1300. The van der Waals surface area contributed by atoms with E-state index in [1.54, 1.807) is 47.0 Å². The van der Waals surface area contributed by atoms with Crippen LogP contribution < -0.4 is 10.2 Å². The molecule has 0 aliphatic carbocycles. The van der Waals surface area contributed by atoms with E-state index >= 15 is 0 Å². The van der Waals surface area contributed by atoms with Gasteiger partial charge in [0.05, 0.1) is 5.56 Å². The lowest BCUT2D eigenvalue weighted by molar-refractivity contribution is -0.134. The number of nitrogens with zero attached hydrogens (tertiary/aromatic N) is 5. The highest BCUT2D eigenvalue weighted by Crippen LogP contribution is 2.29. The van der Waals surface area contributed by atoms with Gasteiger partial charge in [0.15, 0.2) is 0 Å². The third kappa shape index (κ3) is 5.35. The maximum Gasteiger partial charge on any atom is 0.257 e. The maximum absolute atomic E-state index is 13.3. The van der Waals surface area contributed by atoms with Gasteiger partial charge in [-0.05, 0) is 54.3 Å². The van der Waals surface area contributed by atoms with Crippen LogP contribution in [0, 0.1) is 5.92 Å². The number of anilines is 2. The Morgan fingerprint density at radius 1 is 1.00 bits per heavy atom. The summed E-state index contributed by atoms with van der Waals surface area (Å²) in [6.45, 7) is 2.74. The molecule has 0 atom stereocenters. The second kappa shape index (κ2) is 10.5. The number of para-hydroxylation sites is 1. The van der Waals surface area contributed by atoms with Crippen LogP contribution in [0.25, 0.3) is 0 Å². The van der Waals surface area contributed by atoms with Gasteiger partial charge in [-0.2, -0.15) is 5.10 Å². The molecule has 1 aromatic heterocycles. The minimum atomic E-state index is -0.174. The van der Waals surface area contributed by atoms with Crippen molar-refractivity contribution >= 4 is 29.1 Å². The molecule has 2 aliphatic heterocycles. The van der Waals surface area contributed by atoms with E-state index in [0.29, 0.717) is 24.3 Å². The second-order valence-electron chi connectivity index (χ2n) is 9.90. The predicted octanol–water partition coefficient (Wildman–Crippen LogP) is 2.98. The van der Waals surface area contributed by atoms with Gasteiger partial charge in [0.25, 0.3) is 5.91 Å². The van der Waals surface area contributed by atoms with Crippen molar-refractivity contribution in [2.75, 3.05) is 37.4 Å². The van der Waals surface area contributed by atoms with Crippen LogP contribution >= 0.6 is 0 Å². The third-order valence-electron chi connectivity index (χ3n) is 7.17. The smallest absolute Gasteiger partial charge is 0.257 e. The molecule has 0 spiro atoms. The van der Waals surface area contributed by atoms with Gasteiger partial charge in [-0.1, -0.05) is 18.2 Å². The summed E-state index contributed by atoms with van der Waals surface area (Å²) < 4.78 is 1.62. The summed E-state index contributed by atoms with van der Waals surface area (Å²) >= 11 is 0. The van der Waals surface area contributed by atoms with Gasteiger partial charge in [0.1, 0.15) is 6.54 Å². The number of rotatable bonds is 6. The van der Waals surface area contributed by atoms with Crippen LogP contribution in [-0.2, 0) is 29.2 Å². The van der Waals surface area contributed by atoms with Crippen LogP contribution in [0.3, 0.4) is 0 Å². The summed E-state index contributed by atoms with van der Waals surface area (Å²) in [5, 5.41) is 7.16. The van der Waals surface area contributed by atoms with Gasteiger partial charge in [0.2, 0.25) is 11.8 Å². The topological polar surface area (TPSA) is 90.8 Å². The second-order valence-corrected chi connectivity index (χ2v) is 9.90. The molecule has 3 aromatic rings. The highest BCUT2D eigenvalue weighted by Gasteiger charge is 2.28. The van der Waals surface area contributed by atoms with Crippen LogP contribution in [0.4, 0.5) is 11.4 Å². The molecule has 1 saturated heterocycles. The SMILES string of the molecule is CN(C)C(=O)C1CCN(c2ccccc2C(=O)Nc2ccc3c(c2)CN(C(=O)Cn2cccn2)C3)CC1. The summed E-state index contributed by atoms with van der Waals surface area (Å²) in [5.41, 5.74) is 4.31. The predicted molar refractivity (Wildman–Crippen MR) is 141 cm³/mol. The first-order valence-corrected chi connectivity index (χ1v) is 12.6. The first-order valence-electron chi connectivity index (χ1n) is 12.6. The highest BCUT2D eigenvalue weighted by molar-refractivity contribution is 6.08. The average molecular weight is 501 g/mol. The number of carbonyl (C=O) groups is 3. The number of nitrogens with one attached hydrogen (secondary N) is 1. The van der Waals surface area contributed by atoms with Gasteiger partial charge >= 0.3 is 0 Å². The number of carbonyl (C=O) groups excluding carboxylic acids is 3. The van der Waals surface area contributed by atoms with E-state index in [1.165, 1.54) is 0 Å². The molecule has 1 fully saturated rings. The molecule has 3 amide bonds. The standard InChI is InChI=1S/C28H32N6O3/c1-31(2)28(37)20-10-14-32(15-11-20)25-7-4-3-6-24(25)27(36)30-23-9-8-21-17-33(18-22(21)16-23)26(35)19-34-13-5-12-29-34/h3-9,12-13,16,20H,10-11,14-15,17-19H2,1-2H3,(H,30,36). The van der Waals surface area contributed by atoms with E-state index in [2.05, 4.69) is 15.3 Å². The van der Waals surface area contributed by atoms with Gasteiger partial charge in [-0.3, -0.25) is 19.1 Å². The van der Waals surface area contributed by atoms with Crippen molar-refractivity contribution in [2.24, 2.45) is 5.92 Å². The molecule has 9 heteroatoms. The molecule has 192 valence electrons. The van der Waals surface area contributed by atoms with E-state index in [1.807, 2.05) is 42.5 Å².